The van der Waals surface area contributed by atoms with Crippen molar-refractivity contribution in [1.29, 1.82) is 0 Å². The van der Waals surface area contributed by atoms with Gasteiger partial charge in [-0.15, -0.1) is 12.3 Å². The van der Waals surface area contributed by atoms with Gasteiger partial charge in [-0.1, -0.05) is 30.3 Å². The Morgan fingerprint density at radius 2 is 2.00 bits per heavy atom. The number of nitrogens with zero attached hydrogens (tertiary/aromatic N) is 1. The van der Waals surface area contributed by atoms with E-state index in [0.717, 1.165) is 26.1 Å². The highest BCUT2D eigenvalue weighted by atomic mass is 16.5. The van der Waals surface area contributed by atoms with Gasteiger partial charge in [-0.25, -0.2) is 0 Å². The van der Waals surface area contributed by atoms with E-state index >= 15 is 0 Å². The third-order valence-corrected chi connectivity index (χ3v) is 2.37. The van der Waals surface area contributed by atoms with Crippen molar-refractivity contribution in [3.8, 4) is 12.3 Å². The first-order chi connectivity index (χ1) is 7.83. The Morgan fingerprint density at radius 1 is 1.25 bits per heavy atom. The molecule has 0 aromatic heterocycles. The first-order valence-corrected chi connectivity index (χ1v) is 5.56. The minimum atomic E-state index is 0.684. The number of ether oxygens (including phenoxy) is 1. The normalized spacial score (nSPS) is 10.3. The molecule has 16 heavy (non-hydrogen) atoms. The molecule has 0 aliphatic rings. The highest BCUT2D eigenvalue weighted by Crippen LogP contribution is 2.00. The Kier molecular flexibility index (Phi) is 6.32. The maximum atomic E-state index is 5.58. The molecule has 0 amide bonds. The first kappa shape index (κ1) is 12.8. The summed E-state index contributed by atoms with van der Waals surface area (Å²) in [6.07, 6.45) is 6.00. The SMILES string of the molecule is C#CCCN(C)CCOCc1ccccc1. The van der Waals surface area contributed by atoms with Crippen LogP contribution >= 0.6 is 0 Å². The number of benzene rings is 1. The van der Waals surface area contributed by atoms with Crippen LogP contribution in [0.25, 0.3) is 0 Å². The number of hydrogen-bond donors (Lipinski definition) is 0. The summed E-state index contributed by atoms with van der Waals surface area (Å²) in [6, 6.07) is 10.2. The second kappa shape index (κ2) is 7.92. The van der Waals surface area contributed by atoms with E-state index in [4.69, 9.17) is 11.2 Å². The lowest BCUT2D eigenvalue weighted by Gasteiger charge is -2.14. The van der Waals surface area contributed by atoms with Gasteiger partial charge < -0.3 is 9.64 Å². The lowest BCUT2D eigenvalue weighted by Crippen LogP contribution is -2.24. The monoisotopic (exact) mass is 217 g/mol. The Hall–Kier alpha value is -1.30. The molecule has 2 heteroatoms. The van der Waals surface area contributed by atoms with Crippen molar-refractivity contribution in [3.63, 3.8) is 0 Å². The van der Waals surface area contributed by atoms with Crippen LogP contribution in [0.3, 0.4) is 0 Å². The standard InChI is InChI=1S/C14H19NO/c1-3-4-10-15(2)11-12-16-13-14-8-6-5-7-9-14/h1,5-9H,4,10-13H2,2H3. The van der Waals surface area contributed by atoms with Crippen molar-refractivity contribution in [2.45, 2.75) is 13.0 Å². The molecule has 0 aliphatic carbocycles. The van der Waals surface area contributed by atoms with Gasteiger partial charge in [-0.2, -0.15) is 0 Å². The average Bonchev–Trinajstić information content (AvgIpc) is 2.33. The molecule has 0 unspecified atom stereocenters. The van der Waals surface area contributed by atoms with Gasteiger partial charge in [0.05, 0.1) is 13.2 Å². The van der Waals surface area contributed by atoms with E-state index < -0.39 is 0 Å². The highest BCUT2D eigenvalue weighted by Gasteiger charge is 1.97. The van der Waals surface area contributed by atoms with Gasteiger partial charge in [-0.3, -0.25) is 0 Å². The van der Waals surface area contributed by atoms with Gasteiger partial charge in [0.25, 0.3) is 0 Å². The summed E-state index contributed by atoms with van der Waals surface area (Å²) in [5.74, 6) is 2.63. The van der Waals surface area contributed by atoms with Gasteiger partial charge >= 0.3 is 0 Å². The quantitative estimate of drug-likeness (QED) is 0.512. The third-order valence-electron chi connectivity index (χ3n) is 2.37. The van der Waals surface area contributed by atoms with E-state index in [1.54, 1.807) is 0 Å². The summed E-state index contributed by atoms with van der Waals surface area (Å²) in [5, 5.41) is 0. The van der Waals surface area contributed by atoms with E-state index in [0.29, 0.717) is 6.61 Å². The Balaban J connectivity index is 2.06. The molecule has 2 nitrogen and oxygen atoms in total. The molecule has 0 heterocycles. The molecule has 0 bridgehead atoms. The van der Waals surface area contributed by atoms with Gasteiger partial charge in [0.15, 0.2) is 0 Å². The minimum Gasteiger partial charge on any atom is -0.375 e. The Bertz CT molecular complexity index is 315. The molecular weight excluding hydrogens is 198 g/mol. The second-order valence-corrected chi connectivity index (χ2v) is 3.80. The predicted octanol–water partition coefficient (Wildman–Crippen LogP) is 2.16. The summed E-state index contributed by atoms with van der Waals surface area (Å²) in [5.41, 5.74) is 1.22. The van der Waals surface area contributed by atoms with Crippen LogP contribution in [0.1, 0.15) is 12.0 Å². The molecule has 0 radical (unpaired) electrons. The molecule has 0 aliphatic heterocycles. The van der Waals surface area contributed by atoms with Crippen LogP contribution in [0.5, 0.6) is 0 Å². The zero-order valence-electron chi connectivity index (χ0n) is 9.86. The average molecular weight is 217 g/mol. The van der Waals surface area contributed by atoms with E-state index in [1.807, 2.05) is 18.2 Å². The summed E-state index contributed by atoms with van der Waals surface area (Å²) >= 11 is 0. The molecule has 1 rings (SSSR count). The summed E-state index contributed by atoms with van der Waals surface area (Å²) in [4.78, 5) is 2.19. The number of hydrogen-bond acceptors (Lipinski definition) is 2. The topological polar surface area (TPSA) is 12.5 Å². The van der Waals surface area contributed by atoms with Crippen LogP contribution in [0, 0.1) is 12.3 Å². The molecule has 1 aromatic rings. The number of rotatable bonds is 7. The molecule has 0 spiro atoms. The maximum Gasteiger partial charge on any atom is 0.0717 e. The van der Waals surface area contributed by atoms with Gasteiger partial charge in [0.1, 0.15) is 0 Å². The fourth-order valence-corrected chi connectivity index (χ4v) is 1.35. The van der Waals surface area contributed by atoms with E-state index in [9.17, 15) is 0 Å². The predicted molar refractivity (Wildman–Crippen MR) is 67.0 cm³/mol. The fraction of sp³-hybridized carbons (Fsp3) is 0.429. The fourth-order valence-electron chi connectivity index (χ4n) is 1.35. The summed E-state index contributed by atoms with van der Waals surface area (Å²) in [7, 11) is 2.06. The second-order valence-electron chi connectivity index (χ2n) is 3.80. The molecule has 0 saturated heterocycles. The maximum absolute atomic E-state index is 5.58. The van der Waals surface area contributed by atoms with Crippen molar-refractivity contribution in [3.05, 3.63) is 35.9 Å². The van der Waals surface area contributed by atoms with E-state index in [-0.39, 0.29) is 0 Å². The molecule has 0 atom stereocenters. The lowest BCUT2D eigenvalue weighted by atomic mass is 10.2. The van der Waals surface area contributed by atoms with Crippen molar-refractivity contribution in [2.75, 3.05) is 26.7 Å². The molecule has 1 aromatic carbocycles. The lowest BCUT2D eigenvalue weighted by molar-refractivity contribution is 0.100. The van der Waals surface area contributed by atoms with Crippen molar-refractivity contribution >= 4 is 0 Å². The molecule has 0 saturated carbocycles. The molecule has 86 valence electrons. The van der Waals surface area contributed by atoms with Gasteiger partial charge in [0, 0.05) is 19.5 Å². The van der Waals surface area contributed by atoms with Crippen molar-refractivity contribution in [1.82, 2.24) is 4.90 Å². The Labute approximate surface area is 98.2 Å². The van der Waals surface area contributed by atoms with E-state index in [1.165, 1.54) is 5.56 Å². The summed E-state index contributed by atoms with van der Waals surface area (Å²) in [6.45, 7) is 3.29. The van der Waals surface area contributed by atoms with Crippen LogP contribution in [-0.4, -0.2) is 31.6 Å². The zero-order valence-corrected chi connectivity index (χ0v) is 9.86. The zero-order chi connectivity index (χ0) is 11.6. The minimum absolute atomic E-state index is 0.684. The molecule has 0 fully saturated rings. The van der Waals surface area contributed by atoms with E-state index in [2.05, 4.69) is 30.0 Å². The molecule has 0 N–H and O–H groups in total. The number of terminal acetylenes is 1. The third kappa shape index (κ3) is 5.55. The summed E-state index contributed by atoms with van der Waals surface area (Å²) < 4.78 is 5.58. The Morgan fingerprint density at radius 3 is 2.69 bits per heavy atom. The van der Waals surface area contributed by atoms with Crippen LogP contribution in [0.4, 0.5) is 0 Å². The van der Waals surface area contributed by atoms with Crippen LogP contribution in [0.15, 0.2) is 30.3 Å². The smallest absolute Gasteiger partial charge is 0.0717 e. The van der Waals surface area contributed by atoms with Crippen LogP contribution < -0.4 is 0 Å². The number of likely N-dealkylation sites (N-methyl/N-ethyl adjacent to an activating group) is 1. The van der Waals surface area contributed by atoms with Crippen LogP contribution in [0.2, 0.25) is 0 Å². The van der Waals surface area contributed by atoms with Crippen molar-refractivity contribution < 1.29 is 4.74 Å². The highest BCUT2D eigenvalue weighted by molar-refractivity contribution is 5.13. The van der Waals surface area contributed by atoms with Gasteiger partial charge in [-0.05, 0) is 12.6 Å². The largest absolute Gasteiger partial charge is 0.375 e. The van der Waals surface area contributed by atoms with Gasteiger partial charge in [0.2, 0.25) is 0 Å². The molecular formula is C14H19NO. The van der Waals surface area contributed by atoms with Crippen LogP contribution in [-0.2, 0) is 11.3 Å². The first-order valence-electron chi connectivity index (χ1n) is 5.56. The van der Waals surface area contributed by atoms with Crippen molar-refractivity contribution in [2.24, 2.45) is 0 Å².